The third kappa shape index (κ3) is 9.26. The summed E-state index contributed by atoms with van der Waals surface area (Å²) in [5.41, 5.74) is 6.47. The maximum Gasteiger partial charge on any atom is 0.220 e. The zero-order valence-corrected chi connectivity index (χ0v) is 21.0. The van der Waals surface area contributed by atoms with Crippen LogP contribution in [0.1, 0.15) is 31.2 Å². The minimum Gasteiger partial charge on any atom is -0.497 e. The van der Waals surface area contributed by atoms with Crippen LogP contribution in [0.15, 0.2) is 23.2 Å². The van der Waals surface area contributed by atoms with Crippen molar-refractivity contribution in [2.75, 3.05) is 46.9 Å². The van der Waals surface area contributed by atoms with E-state index in [2.05, 4.69) is 20.5 Å². The lowest BCUT2D eigenvalue weighted by Crippen LogP contribution is -2.40. The summed E-state index contributed by atoms with van der Waals surface area (Å²) < 4.78 is 5.18. The van der Waals surface area contributed by atoms with E-state index < -0.39 is 0 Å². The monoisotopic (exact) mass is 551 g/mol. The molecule has 1 saturated heterocycles. The summed E-state index contributed by atoms with van der Waals surface area (Å²) in [6, 6.07) is 5.75. The number of methoxy groups -OCH3 is 1. The molecule has 7 nitrogen and oxygen atoms in total. The smallest absolute Gasteiger partial charge is 0.220 e. The van der Waals surface area contributed by atoms with Gasteiger partial charge in [-0.3, -0.25) is 9.79 Å². The van der Waals surface area contributed by atoms with E-state index in [4.69, 9.17) is 22.1 Å². The van der Waals surface area contributed by atoms with Crippen molar-refractivity contribution in [2.24, 2.45) is 16.6 Å². The minimum absolute atomic E-state index is 0. The second-order valence-electron chi connectivity index (χ2n) is 7.36. The molecule has 0 unspecified atom stereocenters. The molecular formula is C21H35ClIN5O2. The van der Waals surface area contributed by atoms with Gasteiger partial charge in [0.2, 0.25) is 5.91 Å². The Labute approximate surface area is 202 Å². The fourth-order valence-corrected chi connectivity index (χ4v) is 3.77. The number of hydrogen-bond donors (Lipinski definition) is 3. The number of amides is 1. The van der Waals surface area contributed by atoms with Crippen molar-refractivity contribution < 1.29 is 9.53 Å². The number of rotatable bonds is 10. The average Bonchev–Trinajstić information content (AvgIpc) is 2.73. The molecule has 170 valence electrons. The summed E-state index contributed by atoms with van der Waals surface area (Å²) in [5, 5.41) is 7.40. The molecule has 9 heteroatoms. The normalized spacial score (nSPS) is 15.4. The Morgan fingerprint density at radius 2 is 1.97 bits per heavy atom. The van der Waals surface area contributed by atoms with Crippen LogP contribution < -0.4 is 21.1 Å². The van der Waals surface area contributed by atoms with Crippen LogP contribution >= 0.6 is 35.6 Å². The summed E-state index contributed by atoms with van der Waals surface area (Å²) in [6.07, 6.45) is 4.78. The molecule has 0 aliphatic carbocycles. The molecule has 0 radical (unpaired) electrons. The van der Waals surface area contributed by atoms with Gasteiger partial charge in [0.1, 0.15) is 5.75 Å². The summed E-state index contributed by atoms with van der Waals surface area (Å²) in [6.45, 7) is 4.63. The predicted octanol–water partition coefficient (Wildman–Crippen LogP) is 2.65. The van der Waals surface area contributed by atoms with Crippen molar-refractivity contribution >= 4 is 47.4 Å². The molecule has 0 spiro atoms. The second-order valence-corrected chi connectivity index (χ2v) is 7.77. The number of carbonyl (C=O) groups is 1. The van der Waals surface area contributed by atoms with Crippen LogP contribution in [0, 0.1) is 5.92 Å². The second kappa shape index (κ2) is 14.7. The van der Waals surface area contributed by atoms with Gasteiger partial charge in [-0.1, -0.05) is 17.7 Å². The van der Waals surface area contributed by atoms with Crippen molar-refractivity contribution in [3.63, 3.8) is 0 Å². The van der Waals surface area contributed by atoms with E-state index in [9.17, 15) is 4.79 Å². The Morgan fingerprint density at radius 1 is 1.27 bits per heavy atom. The summed E-state index contributed by atoms with van der Waals surface area (Å²) in [7, 11) is 3.41. The number of primary amides is 1. The molecule has 0 atom stereocenters. The van der Waals surface area contributed by atoms with E-state index in [-0.39, 0.29) is 35.8 Å². The molecule has 1 aliphatic heterocycles. The zero-order chi connectivity index (χ0) is 21.1. The molecule has 1 fully saturated rings. The fraction of sp³-hybridized carbons (Fsp3) is 0.619. The van der Waals surface area contributed by atoms with E-state index >= 15 is 0 Å². The number of nitrogens with one attached hydrogen (secondary N) is 2. The standard InChI is InChI=1S/C21H34ClN5O2.HI/c1-24-21(26-11-7-16-5-6-18(29-2)15-19(16)22)25-10-3-4-12-27-13-8-17(9-14-27)20(23)28;/h5-6,15,17H,3-4,7-14H2,1-2H3,(H2,23,28)(H2,24,25,26);1H. The molecule has 1 aromatic rings. The van der Waals surface area contributed by atoms with Crippen molar-refractivity contribution in [3.8, 4) is 5.75 Å². The number of piperidine rings is 1. The molecule has 0 aromatic heterocycles. The van der Waals surface area contributed by atoms with Gasteiger partial charge in [-0.2, -0.15) is 0 Å². The van der Waals surface area contributed by atoms with E-state index in [0.29, 0.717) is 5.02 Å². The summed E-state index contributed by atoms with van der Waals surface area (Å²) in [4.78, 5) is 17.9. The van der Waals surface area contributed by atoms with E-state index in [1.54, 1.807) is 14.2 Å². The van der Waals surface area contributed by atoms with Crippen LogP contribution in [-0.4, -0.2) is 63.6 Å². The lowest BCUT2D eigenvalue weighted by Gasteiger charge is -2.30. The van der Waals surface area contributed by atoms with E-state index in [1.807, 2.05) is 18.2 Å². The SMILES string of the molecule is CN=C(NCCCCN1CCC(C(N)=O)CC1)NCCc1ccc(OC)cc1Cl.I. The first-order valence-electron chi connectivity index (χ1n) is 10.3. The average molecular weight is 552 g/mol. The molecule has 30 heavy (non-hydrogen) atoms. The number of hydrogen-bond acceptors (Lipinski definition) is 4. The quantitative estimate of drug-likeness (QED) is 0.180. The van der Waals surface area contributed by atoms with Crippen LogP contribution in [-0.2, 0) is 11.2 Å². The number of nitrogens with two attached hydrogens (primary N) is 1. The fourth-order valence-electron chi connectivity index (χ4n) is 3.50. The highest BCUT2D eigenvalue weighted by Gasteiger charge is 2.22. The zero-order valence-electron chi connectivity index (χ0n) is 18.0. The minimum atomic E-state index is -0.151. The lowest BCUT2D eigenvalue weighted by molar-refractivity contribution is -0.123. The molecule has 4 N–H and O–H groups in total. The molecular weight excluding hydrogens is 517 g/mol. The van der Waals surface area contributed by atoms with Gasteiger partial charge in [-0.15, -0.1) is 24.0 Å². The molecule has 2 rings (SSSR count). The molecule has 1 aromatic carbocycles. The maximum atomic E-state index is 11.2. The van der Waals surface area contributed by atoms with Gasteiger partial charge in [-0.25, -0.2) is 0 Å². The first-order chi connectivity index (χ1) is 14.0. The number of unbranched alkanes of at least 4 members (excludes halogenated alkanes) is 1. The third-order valence-electron chi connectivity index (χ3n) is 5.35. The van der Waals surface area contributed by atoms with E-state index in [0.717, 1.165) is 82.1 Å². The highest BCUT2D eigenvalue weighted by Crippen LogP contribution is 2.22. The topological polar surface area (TPSA) is 92.0 Å². The Kier molecular flexibility index (Phi) is 13.1. The van der Waals surface area contributed by atoms with Crippen molar-refractivity contribution in [1.82, 2.24) is 15.5 Å². The van der Waals surface area contributed by atoms with Crippen LogP contribution in [0.4, 0.5) is 0 Å². The van der Waals surface area contributed by atoms with Crippen LogP contribution in [0.3, 0.4) is 0 Å². The number of guanidine groups is 1. The number of ether oxygens (including phenoxy) is 1. The molecule has 0 bridgehead atoms. The molecule has 1 amide bonds. The molecule has 0 saturated carbocycles. The first kappa shape index (κ1) is 26.8. The van der Waals surface area contributed by atoms with Gasteiger partial charge in [0.15, 0.2) is 5.96 Å². The number of likely N-dealkylation sites (tertiary alicyclic amines) is 1. The molecule has 1 aliphatic rings. The van der Waals surface area contributed by atoms with Gasteiger partial charge in [-0.05, 0) is 69.4 Å². The van der Waals surface area contributed by atoms with Crippen LogP contribution in [0.5, 0.6) is 5.75 Å². The first-order valence-corrected chi connectivity index (χ1v) is 10.7. The van der Waals surface area contributed by atoms with Crippen LogP contribution in [0.25, 0.3) is 0 Å². The van der Waals surface area contributed by atoms with Crippen molar-refractivity contribution in [3.05, 3.63) is 28.8 Å². The predicted molar refractivity (Wildman–Crippen MR) is 134 cm³/mol. The van der Waals surface area contributed by atoms with Crippen molar-refractivity contribution in [2.45, 2.75) is 32.1 Å². The highest BCUT2D eigenvalue weighted by molar-refractivity contribution is 14.0. The Hall–Kier alpha value is -1.26. The maximum absolute atomic E-state index is 11.2. The van der Waals surface area contributed by atoms with Gasteiger partial charge >= 0.3 is 0 Å². The highest BCUT2D eigenvalue weighted by atomic mass is 127. The lowest BCUT2D eigenvalue weighted by atomic mass is 9.96. The van der Waals surface area contributed by atoms with Gasteiger partial charge in [0.25, 0.3) is 0 Å². The third-order valence-corrected chi connectivity index (χ3v) is 5.71. The Bertz CT molecular complexity index is 681. The number of carbonyl (C=O) groups excluding carboxylic acids is 1. The number of benzene rings is 1. The number of aliphatic imine (C=N–C) groups is 1. The summed E-state index contributed by atoms with van der Waals surface area (Å²) >= 11 is 6.28. The number of nitrogens with zero attached hydrogens (tertiary/aromatic N) is 2. The van der Waals surface area contributed by atoms with Gasteiger partial charge in [0.05, 0.1) is 7.11 Å². The Balaban J connectivity index is 0.00000450. The number of halogens is 2. The van der Waals surface area contributed by atoms with Gasteiger partial charge in [0, 0.05) is 31.1 Å². The molecule has 1 heterocycles. The summed E-state index contributed by atoms with van der Waals surface area (Å²) in [5.74, 6) is 1.48. The Morgan fingerprint density at radius 3 is 2.57 bits per heavy atom. The van der Waals surface area contributed by atoms with Gasteiger partial charge < -0.3 is 26.0 Å². The van der Waals surface area contributed by atoms with Crippen molar-refractivity contribution in [1.29, 1.82) is 0 Å². The van der Waals surface area contributed by atoms with E-state index in [1.165, 1.54) is 0 Å². The van der Waals surface area contributed by atoms with Crippen LogP contribution in [0.2, 0.25) is 5.02 Å². The largest absolute Gasteiger partial charge is 0.497 e.